The van der Waals surface area contributed by atoms with Crippen LogP contribution in [0.1, 0.15) is 23.0 Å². The van der Waals surface area contributed by atoms with Crippen molar-refractivity contribution in [1.82, 2.24) is 0 Å². The van der Waals surface area contributed by atoms with Gasteiger partial charge in [0, 0.05) is 11.8 Å². The molecule has 0 saturated heterocycles. The van der Waals surface area contributed by atoms with Crippen molar-refractivity contribution >= 4 is 11.7 Å². The Morgan fingerprint density at radius 1 is 1.45 bits per heavy atom. The number of carboxylic acids is 1. The van der Waals surface area contributed by atoms with E-state index in [1.165, 1.54) is 24.5 Å². The molecule has 0 amide bonds. The van der Waals surface area contributed by atoms with E-state index in [1.807, 2.05) is 0 Å². The highest BCUT2D eigenvalue weighted by atomic mass is 19.1. The van der Waals surface area contributed by atoms with Crippen molar-refractivity contribution in [3.8, 4) is 5.75 Å². The van der Waals surface area contributed by atoms with Crippen molar-refractivity contribution in [2.45, 2.75) is 13.5 Å². The summed E-state index contributed by atoms with van der Waals surface area (Å²) in [7, 11) is 0. The summed E-state index contributed by atoms with van der Waals surface area (Å²) in [5, 5.41) is 11.8. The van der Waals surface area contributed by atoms with Gasteiger partial charge in [-0.3, -0.25) is 0 Å². The number of furan rings is 1. The average molecular weight is 279 g/mol. The smallest absolute Gasteiger partial charge is 0.339 e. The van der Waals surface area contributed by atoms with Gasteiger partial charge < -0.3 is 19.6 Å². The fraction of sp³-hybridized carbons (Fsp3) is 0.214. The van der Waals surface area contributed by atoms with Crippen LogP contribution < -0.4 is 10.1 Å². The molecule has 1 aromatic carbocycles. The van der Waals surface area contributed by atoms with Crippen molar-refractivity contribution in [3.05, 3.63) is 47.7 Å². The fourth-order valence-electron chi connectivity index (χ4n) is 1.73. The molecule has 0 spiro atoms. The van der Waals surface area contributed by atoms with Crippen LogP contribution in [0.5, 0.6) is 5.75 Å². The van der Waals surface area contributed by atoms with E-state index in [0.29, 0.717) is 12.3 Å². The molecule has 2 rings (SSSR count). The van der Waals surface area contributed by atoms with E-state index in [-0.39, 0.29) is 23.6 Å². The summed E-state index contributed by atoms with van der Waals surface area (Å²) in [4.78, 5) is 10.9. The molecular formula is C14H14FNO4. The number of hydrogen-bond acceptors (Lipinski definition) is 4. The first-order chi connectivity index (χ1) is 9.61. The molecule has 0 aliphatic carbocycles. The number of carboxylic acid groups (broad SMARTS) is 1. The van der Waals surface area contributed by atoms with E-state index in [1.54, 1.807) is 13.0 Å². The first-order valence-corrected chi connectivity index (χ1v) is 6.07. The van der Waals surface area contributed by atoms with Crippen LogP contribution in [0.15, 0.2) is 34.9 Å². The first kappa shape index (κ1) is 13.9. The normalized spacial score (nSPS) is 10.3. The lowest BCUT2D eigenvalue weighted by Gasteiger charge is -2.08. The summed E-state index contributed by atoms with van der Waals surface area (Å²) in [6.07, 6.45) is 1.30. The minimum Gasteiger partial charge on any atom is -0.491 e. The second-order valence-corrected chi connectivity index (χ2v) is 3.99. The van der Waals surface area contributed by atoms with Crippen molar-refractivity contribution < 1.29 is 23.4 Å². The van der Waals surface area contributed by atoms with E-state index in [2.05, 4.69) is 5.32 Å². The predicted octanol–water partition coefficient (Wildman–Crippen LogP) is 3.13. The highest BCUT2D eigenvalue weighted by molar-refractivity contribution is 5.88. The topological polar surface area (TPSA) is 71.7 Å². The molecule has 1 aromatic heterocycles. The molecule has 1 heterocycles. The molecule has 5 nitrogen and oxygen atoms in total. The molecule has 20 heavy (non-hydrogen) atoms. The van der Waals surface area contributed by atoms with E-state index < -0.39 is 11.8 Å². The predicted molar refractivity (Wildman–Crippen MR) is 70.6 cm³/mol. The Balaban J connectivity index is 2.05. The molecule has 0 aliphatic rings. The fourth-order valence-corrected chi connectivity index (χ4v) is 1.73. The van der Waals surface area contributed by atoms with Gasteiger partial charge in [0.1, 0.15) is 11.3 Å². The quantitative estimate of drug-likeness (QED) is 0.850. The Hall–Kier alpha value is -2.50. The third-order valence-corrected chi connectivity index (χ3v) is 2.66. The molecule has 0 radical (unpaired) electrons. The summed E-state index contributed by atoms with van der Waals surface area (Å²) < 4.78 is 23.8. The largest absolute Gasteiger partial charge is 0.491 e. The third-order valence-electron chi connectivity index (χ3n) is 2.66. The lowest BCUT2D eigenvalue weighted by atomic mass is 10.2. The number of carbonyl (C=O) groups is 1. The van der Waals surface area contributed by atoms with E-state index in [4.69, 9.17) is 14.3 Å². The number of anilines is 1. The van der Waals surface area contributed by atoms with Crippen LogP contribution in [0.2, 0.25) is 0 Å². The SMILES string of the molecule is CCOc1ccc(NCc2occc2C(=O)O)cc1F. The van der Waals surface area contributed by atoms with Gasteiger partial charge in [-0.1, -0.05) is 0 Å². The van der Waals surface area contributed by atoms with Gasteiger partial charge in [0.15, 0.2) is 11.6 Å². The Morgan fingerprint density at radius 2 is 2.25 bits per heavy atom. The molecule has 0 unspecified atom stereocenters. The van der Waals surface area contributed by atoms with Gasteiger partial charge in [-0.05, 0) is 25.1 Å². The van der Waals surface area contributed by atoms with E-state index in [9.17, 15) is 9.18 Å². The van der Waals surface area contributed by atoms with Gasteiger partial charge in [-0.25, -0.2) is 9.18 Å². The second-order valence-electron chi connectivity index (χ2n) is 3.99. The van der Waals surface area contributed by atoms with Gasteiger partial charge in [-0.2, -0.15) is 0 Å². The van der Waals surface area contributed by atoms with Gasteiger partial charge in [-0.15, -0.1) is 0 Å². The van der Waals surface area contributed by atoms with Crippen LogP contribution in [0, 0.1) is 5.82 Å². The maximum absolute atomic E-state index is 13.6. The van der Waals surface area contributed by atoms with Crippen LogP contribution in [0.25, 0.3) is 0 Å². The summed E-state index contributed by atoms with van der Waals surface area (Å²) in [5.74, 6) is -1.07. The average Bonchev–Trinajstić information content (AvgIpc) is 2.88. The first-order valence-electron chi connectivity index (χ1n) is 6.07. The Kier molecular flexibility index (Phi) is 4.24. The maximum atomic E-state index is 13.6. The zero-order valence-electron chi connectivity index (χ0n) is 10.9. The second kappa shape index (κ2) is 6.10. The van der Waals surface area contributed by atoms with Crippen LogP contribution >= 0.6 is 0 Å². The maximum Gasteiger partial charge on any atom is 0.339 e. The van der Waals surface area contributed by atoms with Crippen molar-refractivity contribution in [3.63, 3.8) is 0 Å². The highest BCUT2D eigenvalue weighted by Gasteiger charge is 2.13. The molecule has 0 atom stereocenters. The van der Waals surface area contributed by atoms with Gasteiger partial charge >= 0.3 is 5.97 Å². The van der Waals surface area contributed by atoms with Gasteiger partial charge in [0.05, 0.1) is 19.4 Å². The number of hydrogen-bond donors (Lipinski definition) is 2. The lowest BCUT2D eigenvalue weighted by molar-refractivity contribution is 0.0694. The number of halogens is 1. The number of nitrogens with one attached hydrogen (secondary N) is 1. The van der Waals surface area contributed by atoms with Crippen LogP contribution in [-0.4, -0.2) is 17.7 Å². The summed E-state index contributed by atoms with van der Waals surface area (Å²) >= 11 is 0. The molecule has 0 fully saturated rings. The number of benzene rings is 1. The van der Waals surface area contributed by atoms with Crippen molar-refractivity contribution in [2.75, 3.05) is 11.9 Å². The highest BCUT2D eigenvalue weighted by Crippen LogP contribution is 2.22. The molecule has 106 valence electrons. The summed E-state index contributed by atoms with van der Waals surface area (Å²) in [5.41, 5.74) is 0.600. The summed E-state index contributed by atoms with van der Waals surface area (Å²) in [6.45, 7) is 2.32. The zero-order chi connectivity index (χ0) is 14.5. The van der Waals surface area contributed by atoms with Crippen molar-refractivity contribution in [2.24, 2.45) is 0 Å². The standard InChI is InChI=1S/C14H14FNO4/c1-2-19-12-4-3-9(7-11(12)15)16-8-13-10(14(17)18)5-6-20-13/h3-7,16H,2,8H2,1H3,(H,17,18). The molecule has 2 N–H and O–H groups in total. The Labute approximate surface area is 115 Å². The van der Waals surface area contributed by atoms with Crippen LogP contribution in [0.3, 0.4) is 0 Å². The van der Waals surface area contributed by atoms with Gasteiger partial charge in [0.25, 0.3) is 0 Å². The summed E-state index contributed by atoms with van der Waals surface area (Å²) in [6, 6.07) is 5.82. The molecule has 2 aromatic rings. The third kappa shape index (κ3) is 3.09. The lowest BCUT2D eigenvalue weighted by Crippen LogP contribution is -2.05. The number of rotatable bonds is 6. The van der Waals surface area contributed by atoms with Gasteiger partial charge in [0.2, 0.25) is 0 Å². The van der Waals surface area contributed by atoms with E-state index >= 15 is 0 Å². The van der Waals surface area contributed by atoms with E-state index in [0.717, 1.165) is 0 Å². The number of aromatic carboxylic acids is 1. The Bertz CT molecular complexity index is 609. The van der Waals surface area contributed by atoms with Crippen molar-refractivity contribution in [1.29, 1.82) is 0 Å². The van der Waals surface area contributed by atoms with Crippen LogP contribution in [-0.2, 0) is 6.54 Å². The molecule has 6 heteroatoms. The zero-order valence-corrected chi connectivity index (χ0v) is 10.9. The number of ether oxygens (including phenoxy) is 1. The molecule has 0 aliphatic heterocycles. The Morgan fingerprint density at radius 3 is 2.90 bits per heavy atom. The molecule has 0 bridgehead atoms. The van der Waals surface area contributed by atoms with Crippen LogP contribution in [0.4, 0.5) is 10.1 Å². The molecule has 0 saturated carbocycles. The monoisotopic (exact) mass is 279 g/mol. The minimum atomic E-state index is -1.06. The minimum absolute atomic E-state index is 0.0870. The molecular weight excluding hydrogens is 265 g/mol.